The van der Waals surface area contributed by atoms with E-state index < -0.39 is 0 Å². The summed E-state index contributed by atoms with van der Waals surface area (Å²) in [5, 5.41) is 10.7. The Morgan fingerprint density at radius 3 is 3.10 bits per heavy atom. The van der Waals surface area contributed by atoms with E-state index in [1.165, 1.54) is 5.56 Å². The maximum absolute atomic E-state index is 3.79. The molecule has 0 atom stereocenters. The van der Waals surface area contributed by atoms with Crippen LogP contribution in [0.15, 0.2) is 12.4 Å². The van der Waals surface area contributed by atoms with Gasteiger partial charge in [0.25, 0.3) is 0 Å². The van der Waals surface area contributed by atoms with Gasteiger partial charge < -0.3 is 5.32 Å². The molecule has 10 heavy (non-hydrogen) atoms. The van der Waals surface area contributed by atoms with E-state index in [1.54, 1.807) is 6.20 Å². The van der Waals surface area contributed by atoms with E-state index in [1.807, 2.05) is 12.7 Å². The number of hydrogen-bond donors (Lipinski definition) is 1. The topological polar surface area (TPSA) is 37.8 Å². The van der Waals surface area contributed by atoms with Crippen molar-refractivity contribution in [1.82, 2.24) is 10.2 Å². The molecule has 3 heteroatoms. The molecule has 0 aliphatic carbocycles. The lowest BCUT2D eigenvalue weighted by Crippen LogP contribution is -2.07. The Kier molecular flexibility index (Phi) is 1.27. The number of nitrogens with zero attached hydrogens (tertiary/aromatic N) is 2. The number of nitrogens with one attached hydrogen (secondary N) is 1. The van der Waals surface area contributed by atoms with Crippen LogP contribution in [0.3, 0.4) is 0 Å². The number of rotatable bonds is 0. The van der Waals surface area contributed by atoms with Gasteiger partial charge in [0.2, 0.25) is 0 Å². The minimum atomic E-state index is 1.08. The number of anilines is 1. The molecule has 0 aromatic carbocycles. The van der Waals surface area contributed by atoms with Crippen molar-refractivity contribution in [3.05, 3.63) is 24.5 Å². The fraction of sp³-hybridized carbons (Fsp3) is 0.286. The van der Waals surface area contributed by atoms with Crippen molar-refractivity contribution in [2.24, 2.45) is 0 Å². The van der Waals surface area contributed by atoms with Gasteiger partial charge in [-0.05, 0) is 18.4 Å². The van der Waals surface area contributed by atoms with Crippen LogP contribution < -0.4 is 5.32 Å². The molecular formula is C7H8N3. The van der Waals surface area contributed by atoms with E-state index in [4.69, 9.17) is 0 Å². The summed E-state index contributed by atoms with van der Waals surface area (Å²) in [7, 11) is 0. The quantitative estimate of drug-likeness (QED) is 0.575. The van der Waals surface area contributed by atoms with Crippen molar-refractivity contribution in [2.75, 3.05) is 5.32 Å². The van der Waals surface area contributed by atoms with Crippen LogP contribution in [0.5, 0.6) is 0 Å². The molecule has 1 aromatic rings. The van der Waals surface area contributed by atoms with E-state index in [2.05, 4.69) is 15.5 Å². The Labute approximate surface area is 59.5 Å². The molecule has 2 heterocycles. The average Bonchev–Trinajstić information content (AvgIpc) is 2.05. The molecule has 51 valence electrons. The highest BCUT2D eigenvalue weighted by Crippen LogP contribution is 2.19. The zero-order valence-electron chi connectivity index (χ0n) is 5.54. The summed E-state index contributed by atoms with van der Waals surface area (Å²) < 4.78 is 0. The van der Waals surface area contributed by atoms with Gasteiger partial charge in [0.15, 0.2) is 0 Å². The van der Waals surface area contributed by atoms with Crippen LogP contribution in [0.25, 0.3) is 0 Å². The molecule has 0 saturated heterocycles. The molecule has 1 N–H and O–H groups in total. The minimum absolute atomic E-state index is 1.08. The standard InChI is InChI=1S/C7H8N3/c1-2-6-4-9-10-5-7(6)8-3-1/h3-5,8H,1-2H2. The first-order valence-electron chi connectivity index (χ1n) is 3.34. The van der Waals surface area contributed by atoms with Crippen molar-refractivity contribution < 1.29 is 0 Å². The normalized spacial score (nSPS) is 15.6. The second-order valence-electron chi connectivity index (χ2n) is 2.32. The Bertz CT molecular complexity index is 209. The maximum Gasteiger partial charge on any atom is 0.0730 e. The van der Waals surface area contributed by atoms with Gasteiger partial charge in [-0.2, -0.15) is 10.2 Å². The van der Waals surface area contributed by atoms with Crippen molar-refractivity contribution >= 4 is 5.69 Å². The zero-order chi connectivity index (χ0) is 6.81. The first-order valence-corrected chi connectivity index (χ1v) is 3.34. The van der Waals surface area contributed by atoms with Crippen LogP contribution in [0, 0.1) is 6.54 Å². The fourth-order valence-corrected chi connectivity index (χ4v) is 1.09. The first-order chi connectivity index (χ1) is 4.97. The molecule has 1 aromatic heterocycles. The molecule has 3 nitrogen and oxygen atoms in total. The monoisotopic (exact) mass is 134 g/mol. The Morgan fingerprint density at radius 2 is 2.20 bits per heavy atom. The lowest BCUT2D eigenvalue weighted by Gasteiger charge is -2.14. The third-order valence-electron chi connectivity index (χ3n) is 1.63. The molecule has 1 aliphatic rings. The first kappa shape index (κ1) is 5.65. The maximum atomic E-state index is 3.79. The molecule has 1 aliphatic heterocycles. The smallest absolute Gasteiger partial charge is 0.0730 e. The van der Waals surface area contributed by atoms with Gasteiger partial charge in [0.1, 0.15) is 0 Å². The van der Waals surface area contributed by atoms with Crippen molar-refractivity contribution in [3.8, 4) is 0 Å². The van der Waals surface area contributed by atoms with Crippen molar-refractivity contribution in [2.45, 2.75) is 12.8 Å². The van der Waals surface area contributed by atoms with Crippen LogP contribution >= 0.6 is 0 Å². The van der Waals surface area contributed by atoms with E-state index >= 15 is 0 Å². The van der Waals surface area contributed by atoms with Gasteiger partial charge in [-0.3, -0.25) is 0 Å². The number of aromatic nitrogens is 2. The van der Waals surface area contributed by atoms with Crippen LogP contribution in [0.4, 0.5) is 5.69 Å². The highest BCUT2D eigenvalue weighted by Gasteiger charge is 2.06. The summed E-state index contributed by atoms with van der Waals surface area (Å²) in [5.74, 6) is 0. The van der Waals surface area contributed by atoms with Crippen LogP contribution in [-0.2, 0) is 6.42 Å². The predicted octanol–water partition coefficient (Wildman–Crippen LogP) is 0.996. The van der Waals surface area contributed by atoms with Crippen LogP contribution in [0.2, 0.25) is 0 Å². The summed E-state index contributed by atoms with van der Waals surface area (Å²) in [5.41, 5.74) is 2.36. The summed E-state index contributed by atoms with van der Waals surface area (Å²) >= 11 is 0. The lowest BCUT2D eigenvalue weighted by atomic mass is 10.1. The Balaban J connectivity index is 2.41. The van der Waals surface area contributed by atoms with Crippen molar-refractivity contribution in [3.63, 3.8) is 0 Å². The number of aryl methyl sites for hydroxylation is 1. The second-order valence-corrected chi connectivity index (χ2v) is 2.32. The fourth-order valence-electron chi connectivity index (χ4n) is 1.09. The lowest BCUT2D eigenvalue weighted by molar-refractivity contribution is 0.875. The number of fused-ring (bicyclic) bond motifs is 1. The molecule has 2 rings (SSSR count). The second kappa shape index (κ2) is 2.25. The minimum Gasteiger partial charge on any atom is -0.379 e. The molecule has 0 unspecified atom stereocenters. The van der Waals surface area contributed by atoms with Gasteiger partial charge >= 0.3 is 0 Å². The van der Waals surface area contributed by atoms with E-state index in [0.717, 1.165) is 18.5 Å². The third-order valence-corrected chi connectivity index (χ3v) is 1.63. The largest absolute Gasteiger partial charge is 0.379 e. The van der Waals surface area contributed by atoms with Gasteiger partial charge in [-0.1, -0.05) is 0 Å². The number of hydrogen-bond acceptors (Lipinski definition) is 3. The highest BCUT2D eigenvalue weighted by atomic mass is 15.1. The van der Waals surface area contributed by atoms with E-state index in [-0.39, 0.29) is 0 Å². The third kappa shape index (κ3) is 0.835. The predicted molar refractivity (Wildman–Crippen MR) is 38.3 cm³/mol. The zero-order valence-corrected chi connectivity index (χ0v) is 5.54. The molecule has 0 fully saturated rings. The van der Waals surface area contributed by atoms with Gasteiger partial charge in [0.05, 0.1) is 18.1 Å². The van der Waals surface area contributed by atoms with Crippen LogP contribution in [0.1, 0.15) is 12.0 Å². The highest BCUT2D eigenvalue weighted by molar-refractivity contribution is 5.51. The molecular weight excluding hydrogens is 126 g/mol. The Hall–Kier alpha value is -1.12. The summed E-state index contributed by atoms with van der Waals surface area (Å²) in [6, 6.07) is 0. The SMILES string of the molecule is [CH]1CCc2cnncc2N1. The summed E-state index contributed by atoms with van der Waals surface area (Å²) in [4.78, 5) is 0. The van der Waals surface area contributed by atoms with Gasteiger partial charge in [-0.15, -0.1) is 0 Å². The summed E-state index contributed by atoms with van der Waals surface area (Å²) in [6.45, 7) is 2.05. The van der Waals surface area contributed by atoms with E-state index in [0.29, 0.717) is 0 Å². The summed E-state index contributed by atoms with van der Waals surface area (Å²) in [6.07, 6.45) is 5.73. The molecule has 1 radical (unpaired) electrons. The van der Waals surface area contributed by atoms with Crippen LogP contribution in [-0.4, -0.2) is 10.2 Å². The average molecular weight is 134 g/mol. The molecule has 0 spiro atoms. The van der Waals surface area contributed by atoms with Gasteiger partial charge in [-0.25, -0.2) is 0 Å². The van der Waals surface area contributed by atoms with Gasteiger partial charge in [0, 0.05) is 6.54 Å². The molecule has 0 saturated carbocycles. The molecule has 0 amide bonds. The van der Waals surface area contributed by atoms with E-state index in [9.17, 15) is 0 Å². The van der Waals surface area contributed by atoms with Crippen molar-refractivity contribution in [1.29, 1.82) is 0 Å². The molecule has 0 bridgehead atoms. The Morgan fingerprint density at radius 1 is 1.30 bits per heavy atom.